The van der Waals surface area contributed by atoms with E-state index in [1.807, 2.05) is 4.90 Å². The highest BCUT2D eigenvalue weighted by Gasteiger charge is 2.41. The molecule has 6 nitrogen and oxygen atoms in total. The lowest BCUT2D eigenvalue weighted by Crippen LogP contribution is -2.58. The molecule has 1 unspecified atom stereocenters. The molecule has 1 saturated carbocycles. The maximum atomic E-state index is 12.8. The Morgan fingerprint density at radius 2 is 2.16 bits per heavy atom. The number of piperidine rings is 1. The predicted molar refractivity (Wildman–Crippen MR) is 97.1 cm³/mol. The first-order valence-corrected chi connectivity index (χ1v) is 9.88. The lowest BCUT2D eigenvalue weighted by Gasteiger charge is -2.39. The van der Waals surface area contributed by atoms with Gasteiger partial charge < -0.3 is 20.3 Å². The van der Waals surface area contributed by atoms with E-state index in [0.29, 0.717) is 19.5 Å². The van der Waals surface area contributed by atoms with E-state index in [1.54, 1.807) is 12.4 Å². The summed E-state index contributed by atoms with van der Waals surface area (Å²) in [6, 6.07) is 0. The van der Waals surface area contributed by atoms with Gasteiger partial charge in [0.15, 0.2) is 5.60 Å². The minimum Gasteiger partial charge on any atom is -0.379 e. The summed E-state index contributed by atoms with van der Waals surface area (Å²) in [5, 5.41) is 14.1. The number of H-pyrrole nitrogens is 1. The molecule has 140 valence electrons. The fourth-order valence-electron chi connectivity index (χ4n) is 4.19. The summed E-state index contributed by atoms with van der Waals surface area (Å²) in [5.74, 6) is 1.60. The van der Waals surface area contributed by atoms with Gasteiger partial charge in [0.1, 0.15) is 5.82 Å². The van der Waals surface area contributed by atoms with Crippen LogP contribution < -0.4 is 5.32 Å². The predicted octanol–water partition coefficient (Wildman–Crippen LogP) is 1.87. The minimum absolute atomic E-state index is 0.0833. The van der Waals surface area contributed by atoms with Crippen molar-refractivity contribution in [3.8, 4) is 0 Å². The third-order valence-corrected chi connectivity index (χ3v) is 5.75. The number of aromatic amines is 1. The highest BCUT2D eigenvalue weighted by Crippen LogP contribution is 2.28. The number of likely N-dealkylation sites (tertiary alicyclic amines) is 1. The molecule has 3 N–H and O–H groups in total. The number of hydrogen-bond donors (Lipinski definition) is 3. The number of carbonyl (C=O) groups is 1. The van der Waals surface area contributed by atoms with Crippen LogP contribution in [0.2, 0.25) is 0 Å². The van der Waals surface area contributed by atoms with E-state index in [0.717, 1.165) is 44.1 Å². The Hall–Kier alpha value is -1.40. The molecule has 1 atom stereocenters. The van der Waals surface area contributed by atoms with Gasteiger partial charge in [0, 0.05) is 45.0 Å². The van der Waals surface area contributed by atoms with Crippen LogP contribution in [0.1, 0.15) is 57.2 Å². The Labute approximate surface area is 150 Å². The van der Waals surface area contributed by atoms with Crippen molar-refractivity contribution in [1.29, 1.82) is 0 Å². The Balaban J connectivity index is 1.42. The van der Waals surface area contributed by atoms with Crippen molar-refractivity contribution in [2.75, 3.05) is 26.2 Å². The van der Waals surface area contributed by atoms with E-state index in [2.05, 4.69) is 15.3 Å². The summed E-state index contributed by atoms with van der Waals surface area (Å²) in [5.41, 5.74) is -1.24. The Kier molecular flexibility index (Phi) is 6.48. The minimum atomic E-state index is -1.24. The first-order valence-electron chi connectivity index (χ1n) is 9.88. The van der Waals surface area contributed by atoms with E-state index in [4.69, 9.17) is 0 Å². The summed E-state index contributed by atoms with van der Waals surface area (Å²) in [7, 11) is 0. The van der Waals surface area contributed by atoms with Crippen LogP contribution in [-0.4, -0.2) is 57.7 Å². The first kappa shape index (κ1) is 18.4. The van der Waals surface area contributed by atoms with E-state index >= 15 is 0 Å². The molecule has 1 saturated heterocycles. The number of imidazole rings is 1. The van der Waals surface area contributed by atoms with Crippen LogP contribution in [0.15, 0.2) is 12.4 Å². The van der Waals surface area contributed by atoms with Crippen LogP contribution in [0.4, 0.5) is 0 Å². The fraction of sp³-hybridized carbons (Fsp3) is 0.789. The van der Waals surface area contributed by atoms with E-state index < -0.39 is 5.60 Å². The molecular weight excluding hydrogens is 316 g/mol. The first-order chi connectivity index (χ1) is 12.2. The van der Waals surface area contributed by atoms with Crippen LogP contribution in [0, 0.1) is 5.92 Å². The second-order valence-electron chi connectivity index (χ2n) is 7.68. The second kappa shape index (κ2) is 8.81. The smallest absolute Gasteiger partial charge is 0.255 e. The average Bonchev–Trinajstić information content (AvgIpc) is 3.15. The van der Waals surface area contributed by atoms with Crippen molar-refractivity contribution in [2.24, 2.45) is 5.92 Å². The normalized spacial score (nSPS) is 25.5. The summed E-state index contributed by atoms with van der Waals surface area (Å²) < 4.78 is 0. The maximum absolute atomic E-state index is 12.8. The van der Waals surface area contributed by atoms with E-state index in [-0.39, 0.29) is 5.91 Å². The average molecular weight is 348 g/mol. The highest BCUT2D eigenvalue weighted by atomic mass is 16.3. The molecule has 1 aromatic rings. The van der Waals surface area contributed by atoms with Gasteiger partial charge in [-0.1, -0.05) is 32.1 Å². The maximum Gasteiger partial charge on any atom is 0.255 e. The van der Waals surface area contributed by atoms with Crippen molar-refractivity contribution in [1.82, 2.24) is 20.2 Å². The molecule has 3 rings (SSSR count). The SMILES string of the molecule is O=C1N(CCC2CCCCC2)CCCC1(O)CNCCc1ncc[nH]1. The third-order valence-electron chi connectivity index (χ3n) is 5.75. The van der Waals surface area contributed by atoms with Gasteiger partial charge >= 0.3 is 0 Å². The molecule has 0 aromatic carbocycles. The number of rotatable bonds is 8. The zero-order valence-electron chi connectivity index (χ0n) is 15.2. The summed E-state index contributed by atoms with van der Waals surface area (Å²) >= 11 is 0. The molecule has 6 heteroatoms. The van der Waals surface area contributed by atoms with Crippen LogP contribution in [-0.2, 0) is 11.2 Å². The van der Waals surface area contributed by atoms with Crippen molar-refractivity contribution >= 4 is 5.91 Å². The quantitative estimate of drug-likeness (QED) is 0.627. The molecule has 0 radical (unpaired) electrons. The molecule has 1 aromatic heterocycles. The molecule has 2 aliphatic rings. The van der Waals surface area contributed by atoms with Crippen LogP contribution in [0.5, 0.6) is 0 Å². The lowest BCUT2D eigenvalue weighted by molar-refractivity contribution is -0.156. The number of nitrogens with one attached hydrogen (secondary N) is 2. The van der Waals surface area contributed by atoms with Gasteiger partial charge in [-0.2, -0.15) is 0 Å². The number of nitrogens with zero attached hydrogens (tertiary/aromatic N) is 2. The van der Waals surface area contributed by atoms with Crippen molar-refractivity contribution in [2.45, 2.75) is 63.4 Å². The summed E-state index contributed by atoms with van der Waals surface area (Å²) in [6.45, 7) is 2.62. The number of aromatic nitrogens is 2. The van der Waals surface area contributed by atoms with Crippen LogP contribution in [0.3, 0.4) is 0 Å². The molecule has 0 spiro atoms. The van der Waals surface area contributed by atoms with Gasteiger partial charge in [-0.15, -0.1) is 0 Å². The Morgan fingerprint density at radius 1 is 1.32 bits per heavy atom. The molecule has 1 aliphatic carbocycles. The zero-order valence-corrected chi connectivity index (χ0v) is 15.2. The van der Waals surface area contributed by atoms with Gasteiger partial charge in [-0.25, -0.2) is 4.98 Å². The van der Waals surface area contributed by atoms with Crippen LogP contribution in [0.25, 0.3) is 0 Å². The van der Waals surface area contributed by atoms with Crippen molar-refractivity contribution in [3.05, 3.63) is 18.2 Å². The zero-order chi connectivity index (χ0) is 17.5. The summed E-state index contributed by atoms with van der Waals surface area (Å²) in [6.07, 6.45) is 13.5. The topological polar surface area (TPSA) is 81.2 Å². The van der Waals surface area contributed by atoms with Gasteiger partial charge in [0.25, 0.3) is 5.91 Å². The molecule has 0 bridgehead atoms. The monoisotopic (exact) mass is 348 g/mol. The third kappa shape index (κ3) is 5.05. The molecule has 1 amide bonds. The van der Waals surface area contributed by atoms with Gasteiger partial charge in [0.2, 0.25) is 0 Å². The largest absolute Gasteiger partial charge is 0.379 e. The Morgan fingerprint density at radius 3 is 2.92 bits per heavy atom. The summed E-state index contributed by atoms with van der Waals surface area (Å²) in [4.78, 5) is 21.9. The number of amides is 1. The molecule has 2 heterocycles. The standard InChI is InChI=1S/C19H32N4O2/c24-18-19(25,15-20-10-7-17-21-11-12-22-17)9-4-13-23(18)14-8-16-5-2-1-3-6-16/h11-12,16,20,25H,1-10,13-15H2,(H,21,22). The molecule has 1 aliphatic heterocycles. The fourth-order valence-corrected chi connectivity index (χ4v) is 4.19. The molecular formula is C19H32N4O2. The number of aliphatic hydroxyl groups is 1. The van der Waals surface area contributed by atoms with Crippen molar-refractivity contribution in [3.63, 3.8) is 0 Å². The van der Waals surface area contributed by atoms with E-state index in [1.165, 1.54) is 32.1 Å². The van der Waals surface area contributed by atoms with Gasteiger partial charge in [-0.05, 0) is 25.2 Å². The van der Waals surface area contributed by atoms with E-state index in [9.17, 15) is 9.90 Å². The van der Waals surface area contributed by atoms with Crippen molar-refractivity contribution < 1.29 is 9.90 Å². The molecule has 25 heavy (non-hydrogen) atoms. The Bertz CT molecular complexity index is 528. The number of hydrogen-bond acceptors (Lipinski definition) is 4. The van der Waals surface area contributed by atoms with Gasteiger partial charge in [-0.3, -0.25) is 4.79 Å². The van der Waals surface area contributed by atoms with Gasteiger partial charge in [0.05, 0.1) is 0 Å². The van der Waals surface area contributed by atoms with Crippen LogP contribution >= 0.6 is 0 Å². The number of carbonyl (C=O) groups excluding carboxylic acids is 1. The highest BCUT2D eigenvalue weighted by molar-refractivity contribution is 5.86. The lowest BCUT2D eigenvalue weighted by atomic mass is 9.86. The molecule has 2 fully saturated rings. The second-order valence-corrected chi connectivity index (χ2v) is 7.68.